The van der Waals surface area contributed by atoms with Gasteiger partial charge in [0, 0.05) is 6.42 Å². The van der Waals surface area contributed by atoms with Crippen LogP contribution in [0, 0.1) is 0 Å². The summed E-state index contributed by atoms with van der Waals surface area (Å²) in [6, 6.07) is 0. The Morgan fingerprint density at radius 2 is 1.94 bits per heavy atom. The molecule has 0 saturated heterocycles. The zero-order chi connectivity index (χ0) is 13.4. The highest BCUT2D eigenvalue weighted by Crippen LogP contribution is 2.28. The third-order valence-electron chi connectivity index (χ3n) is 3.85. The molecule has 18 heavy (non-hydrogen) atoms. The highest BCUT2D eigenvalue weighted by Gasteiger charge is 2.34. The largest absolute Gasteiger partial charge is 0.378 e. The number of hydrogen-bond acceptors (Lipinski definition) is 2. The lowest BCUT2D eigenvalue weighted by molar-refractivity contribution is -0.134. The number of allylic oxidation sites excluding steroid dienone is 1. The van der Waals surface area contributed by atoms with Crippen LogP contribution in [0.2, 0.25) is 0 Å². The number of ketones is 1. The van der Waals surface area contributed by atoms with E-state index in [4.69, 9.17) is 0 Å². The topological polar surface area (TPSA) is 37.3 Å². The van der Waals surface area contributed by atoms with Crippen molar-refractivity contribution in [2.24, 2.45) is 0 Å². The Morgan fingerprint density at radius 3 is 2.61 bits per heavy atom. The molecule has 0 amide bonds. The standard InChI is InChI=1S/C16H28O2/c1-3-4-5-6-7-8-11-15(17)16(18)12-9-10-14(2)13-16/h13,18H,3-12H2,1-2H3. The third-order valence-corrected chi connectivity index (χ3v) is 3.85. The highest BCUT2D eigenvalue weighted by molar-refractivity contribution is 5.89. The maximum Gasteiger partial charge on any atom is 0.168 e. The minimum absolute atomic E-state index is 0.0250. The van der Waals surface area contributed by atoms with Crippen LogP contribution in [-0.4, -0.2) is 16.5 Å². The van der Waals surface area contributed by atoms with E-state index in [0.29, 0.717) is 12.8 Å². The van der Waals surface area contributed by atoms with Crippen molar-refractivity contribution in [3.8, 4) is 0 Å². The summed E-state index contributed by atoms with van der Waals surface area (Å²) >= 11 is 0. The van der Waals surface area contributed by atoms with Gasteiger partial charge >= 0.3 is 0 Å². The molecule has 0 aromatic heterocycles. The maximum absolute atomic E-state index is 12.1. The van der Waals surface area contributed by atoms with Crippen molar-refractivity contribution in [1.82, 2.24) is 0 Å². The van der Waals surface area contributed by atoms with Crippen LogP contribution < -0.4 is 0 Å². The van der Waals surface area contributed by atoms with E-state index in [-0.39, 0.29) is 5.78 Å². The monoisotopic (exact) mass is 252 g/mol. The van der Waals surface area contributed by atoms with Crippen LogP contribution in [0.1, 0.15) is 78.1 Å². The number of Topliss-reactive ketones (excluding diaryl/α,β-unsaturated/α-hetero) is 1. The summed E-state index contributed by atoms with van der Waals surface area (Å²) in [6.45, 7) is 4.21. The van der Waals surface area contributed by atoms with E-state index >= 15 is 0 Å². The Labute approximate surface area is 111 Å². The molecule has 1 unspecified atom stereocenters. The smallest absolute Gasteiger partial charge is 0.168 e. The molecule has 0 aromatic carbocycles. The van der Waals surface area contributed by atoms with Crippen LogP contribution in [0.5, 0.6) is 0 Å². The molecule has 104 valence electrons. The highest BCUT2D eigenvalue weighted by atomic mass is 16.3. The van der Waals surface area contributed by atoms with Gasteiger partial charge in [0.2, 0.25) is 0 Å². The van der Waals surface area contributed by atoms with Gasteiger partial charge in [-0.15, -0.1) is 0 Å². The average molecular weight is 252 g/mol. The molecule has 1 atom stereocenters. The molecular weight excluding hydrogens is 224 g/mol. The van der Waals surface area contributed by atoms with Crippen molar-refractivity contribution in [3.05, 3.63) is 11.6 Å². The zero-order valence-electron chi connectivity index (χ0n) is 12.0. The molecule has 2 nitrogen and oxygen atoms in total. The Bertz CT molecular complexity index is 293. The van der Waals surface area contributed by atoms with Crippen molar-refractivity contribution in [1.29, 1.82) is 0 Å². The first-order valence-electron chi connectivity index (χ1n) is 7.52. The van der Waals surface area contributed by atoms with Gasteiger partial charge in [-0.25, -0.2) is 0 Å². The van der Waals surface area contributed by atoms with Gasteiger partial charge in [0.1, 0.15) is 5.60 Å². The summed E-state index contributed by atoms with van der Waals surface area (Å²) in [7, 11) is 0. The van der Waals surface area contributed by atoms with Gasteiger partial charge in [-0.2, -0.15) is 0 Å². The van der Waals surface area contributed by atoms with Crippen LogP contribution in [0.15, 0.2) is 11.6 Å². The number of unbranched alkanes of at least 4 members (excludes halogenated alkanes) is 5. The van der Waals surface area contributed by atoms with Crippen LogP contribution in [-0.2, 0) is 4.79 Å². The Hall–Kier alpha value is -0.630. The summed E-state index contributed by atoms with van der Waals surface area (Å²) < 4.78 is 0. The maximum atomic E-state index is 12.1. The first-order chi connectivity index (χ1) is 8.58. The quantitative estimate of drug-likeness (QED) is 0.520. The summed E-state index contributed by atoms with van der Waals surface area (Å²) in [5.74, 6) is 0.0250. The number of rotatable bonds is 8. The molecule has 0 bridgehead atoms. The van der Waals surface area contributed by atoms with E-state index in [1.807, 2.05) is 6.92 Å². The van der Waals surface area contributed by atoms with E-state index < -0.39 is 5.60 Å². The van der Waals surface area contributed by atoms with Crippen LogP contribution >= 0.6 is 0 Å². The fourth-order valence-electron chi connectivity index (χ4n) is 2.69. The number of carbonyl (C=O) groups is 1. The average Bonchev–Trinajstić information content (AvgIpc) is 2.33. The van der Waals surface area contributed by atoms with Gasteiger partial charge in [-0.1, -0.05) is 44.6 Å². The normalized spacial score (nSPS) is 23.8. The molecule has 0 aromatic rings. The van der Waals surface area contributed by atoms with Crippen molar-refractivity contribution in [2.75, 3.05) is 0 Å². The molecule has 0 fully saturated rings. The molecule has 0 spiro atoms. The van der Waals surface area contributed by atoms with Gasteiger partial charge in [0.25, 0.3) is 0 Å². The van der Waals surface area contributed by atoms with Crippen LogP contribution in [0.4, 0.5) is 0 Å². The lowest BCUT2D eigenvalue weighted by atomic mass is 9.82. The Morgan fingerprint density at radius 1 is 1.28 bits per heavy atom. The van der Waals surface area contributed by atoms with Crippen molar-refractivity contribution >= 4 is 5.78 Å². The lowest BCUT2D eigenvalue weighted by Gasteiger charge is -2.28. The summed E-state index contributed by atoms with van der Waals surface area (Å²) in [5, 5.41) is 10.3. The van der Waals surface area contributed by atoms with E-state index in [9.17, 15) is 9.90 Å². The molecule has 0 aliphatic heterocycles. The number of hydrogen-bond donors (Lipinski definition) is 1. The fourth-order valence-corrected chi connectivity index (χ4v) is 2.69. The second kappa shape index (κ2) is 7.73. The number of aliphatic hydroxyl groups is 1. The van der Waals surface area contributed by atoms with E-state index in [2.05, 4.69) is 6.92 Å². The first kappa shape index (κ1) is 15.4. The summed E-state index contributed by atoms with van der Waals surface area (Å²) in [5.41, 5.74) is 0.00575. The minimum Gasteiger partial charge on any atom is -0.378 e. The summed E-state index contributed by atoms with van der Waals surface area (Å²) in [6.07, 6.45) is 12.0. The molecule has 2 heteroatoms. The van der Waals surface area contributed by atoms with Crippen LogP contribution in [0.25, 0.3) is 0 Å². The van der Waals surface area contributed by atoms with Crippen molar-refractivity contribution in [2.45, 2.75) is 83.7 Å². The SMILES string of the molecule is CCCCCCCCC(=O)C1(O)C=C(C)CCC1. The molecule has 1 rings (SSSR count). The third kappa shape index (κ3) is 4.93. The zero-order valence-corrected chi connectivity index (χ0v) is 12.0. The predicted octanol–water partition coefficient (Wildman–Crippen LogP) is 4.17. The number of carbonyl (C=O) groups excluding carboxylic acids is 1. The Kier molecular flexibility index (Phi) is 6.62. The molecule has 0 saturated carbocycles. The summed E-state index contributed by atoms with van der Waals surface area (Å²) in [4.78, 5) is 12.1. The predicted molar refractivity (Wildman–Crippen MR) is 75.6 cm³/mol. The van der Waals surface area contributed by atoms with Gasteiger partial charge in [0.15, 0.2) is 5.78 Å². The molecule has 0 heterocycles. The minimum atomic E-state index is -1.15. The van der Waals surface area contributed by atoms with Crippen LogP contribution in [0.3, 0.4) is 0 Å². The second-order valence-electron chi connectivity index (χ2n) is 5.71. The van der Waals surface area contributed by atoms with E-state index in [0.717, 1.165) is 31.3 Å². The first-order valence-corrected chi connectivity index (χ1v) is 7.52. The van der Waals surface area contributed by atoms with Gasteiger partial charge in [0.05, 0.1) is 0 Å². The molecule has 1 aliphatic rings. The van der Waals surface area contributed by atoms with E-state index in [1.165, 1.54) is 25.7 Å². The molecule has 1 aliphatic carbocycles. The fraction of sp³-hybridized carbons (Fsp3) is 0.812. The van der Waals surface area contributed by atoms with Crippen molar-refractivity contribution in [3.63, 3.8) is 0 Å². The van der Waals surface area contributed by atoms with Gasteiger partial charge < -0.3 is 5.11 Å². The Balaban J connectivity index is 2.26. The lowest BCUT2D eigenvalue weighted by Crippen LogP contribution is -2.38. The second-order valence-corrected chi connectivity index (χ2v) is 5.71. The van der Waals surface area contributed by atoms with Gasteiger partial charge in [-0.3, -0.25) is 4.79 Å². The molecule has 1 N–H and O–H groups in total. The van der Waals surface area contributed by atoms with Gasteiger partial charge in [-0.05, 0) is 38.7 Å². The molecule has 0 radical (unpaired) electrons. The van der Waals surface area contributed by atoms with E-state index in [1.54, 1.807) is 6.08 Å². The van der Waals surface area contributed by atoms with Crippen molar-refractivity contribution < 1.29 is 9.90 Å². The molecular formula is C16H28O2.